The number of benzene rings is 1. The topological polar surface area (TPSA) is 79.7 Å². The highest BCUT2D eigenvalue weighted by Gasteiger charge is 2.33. The molecular formula is C18H20N2O4S. The van der Waals surface area contributed by atoms with Gasteiger partial charge < -0.3 is 14.7 Å². The van der Waals surface area contributed by atoms with Crippen molar-refractivity contribution >= 4 is 23.2 Å². The van der Waals surface area contributed by atoms with Crippen LogP contribution in [0, 0.1) is 11.8 Å². The first kappa shape index (κ1) is 17.4. The number of rotatable bonds is 4. The maximum absolute atomic E-state index is 12.7. The van der Waals surface area contributed by atoms with Crippen LogP contribution in [0.3, 0.4) is 0 Å². The Bertz CT molecular complexity index is 772. The van der Waals surface area contributed by atoms with Crippen molar-refractivity contribution in [1.29, 1.82) is 0 Å². The first-order valence-corrected chi connectivity index (χ1v) is 8.99. The van der Waals surface area contributed by atoms with E-state index in [1.807, 2.05) is 31.2 Å². The van der Waals surface area contributed by atoms with Crippen molar-refractivity contribution in [3.8, 4) is 16.3 Å². The summed E-state index contributed by atoms with van der Waals surface area (Å²) in [5.41, 5.74) is 1.35. The van der Waals surface area contributed by atoms with E-state index < -0.39 is 5.97 Å². The van der Waals surface area contributed by atoms with Crippen LogP contribution in [-0.4, -0.2) is 47.1 Å². The van der Waals surface area contributed by atoms with Gasteiger partial charge in [-0.2, -0.15) is 0 Å². The van der Waals surface area contributed by atoms with E-state index in [-0.39, 0.29) is 17.7 Å². The van der Waals surface area contributed by atoms with Crippen LogP contribution in [0.4, 0.5) is 0 Å². The van der Waals surface area contributed by atoms with Crippen molar-refractivity contribution in [2.45, 2.75) is 13.3 Å². The fraction of sp³-hybridized carbons (Fsp3) is 0.389. The molecule has 1 aromatic carbocycles. The number of thiazole rings is 1. The van der Waals surface area contributed by atoms with Gasteiger partial charge in [0.05, 0.1) is 13.0 Å². The lowest BCUT2D eigenvalue weighted by Crippen LogP contribution is -2.45. The van der Waals surface area contributed by atoms with Crippen molar-refractivity contribution in [2.75, 3.05) is 20.2 Å². The molecule has 0 saturated carbocycles. The lowest BCUT2D eigenvalue weighted by molar-refractivity contribution is -0.145. The zero-order valence-electron chi connectivity index (χ0n) is 14.1. The molecule has 1 N–H and O–H groups in total. The Hall–Kier alpha value is -2.41. The third-order valence-corrected chi connectivity index (χ3v) is 5.46. The van der Waals surface area contributed by atoms with Crippen molar-refractivity contribution < 1.29 is 19.4 Å². The van der Waals surface area contributed by atoms with Crippen LogP contribution < -0.4 is 4.74 Å². The summed E-state index contributed by atoms with van der Waals surface area (Å²) in [6.07, 6.45) is 0.484. The molecule has 132 valence electrons. The first-order chi connectivity index (χ1) is 12.0. The predicted molar refractivity (Wildman–Crippen MR) is 94.9 cm³/mol. The van der Waals surface area contributed by atoms with Gasteiger partial charge in [-0.05, 0) is 36.6 Å². The van der Waals surface area contributed by atoms with Crippen LogP contribution in [0.1, 0.15) is 23.8 Å². The maximum Gasteiger partial charge on any atom is 0.306 e. The number of methoxy groups -OCH3 is 1. The highest BCUT2D eigenvalue weighted by atomic mass is 32.1. The summed E-state index contributed by atoms with van der Waals surface area (Å²) >= 11 is 1.42. The predicted octanol–water partition coefficient (Wildman–Crippen LogP) is 3.00. The number of hydrogen-bond donors (Lipinski definition) is 1. The Morgan fingerprint density at radius 2 is 2.04 bits per heavy atom. The fourth-order valence-electron chi connectivity index (χ4n) is 3.10. The number of likely N-dealkylation sites (tertiary alicyclic amines) is 1. The summed E-state index contributed by atoms with van der Waals surface area (Å²) in [6.45, 7) is 2.78. The van der Waals surface area contributed by atoms with Crippen LogP contribution in [0.25, 0.3) is 10.6 Å². The molecule has 1 saturated heterocycles. The van der Waals surface area contributed by atoms with Gasteiger partial charge in [-0.25, -0.2) is 4.98 Å². The van der Waals surface area contributed by atoms with E-state index >= 15 is 0 Å². The minimum absolute atomic E-state index is 0.0603. The van der Waals surface area contributed by atoms with Crippen LogP contribution >= 0.6 is 11.3 Å². The molecule has 1 aromatic heterocycles. The van der Waals surface area contributed by atoms with E-state index in [2.05, 4.69) is 4.98 Å². The number of aromatic nitrogens is 1. The number of amides is 1. The summed E-state index contributed by atoms with van der Waals surface area (Å²) in [6, 6.07) is 7.53. The SMILES string of the molecule is COc1ccc(-c2nc(C(=O)N3CCC(C(=O)O)C(C)C3)cs2)cc1. The molecule has 0 radical (unpaired) electrons. The number of hydrogen-bond acceptors (Lipinski definition) is 5. The van der Waals surface area contributed by atoms with Gasteiger partial charge in [-0.3, -0.25) is 9.59 Å². The van der Waals surface area contributed by atoms with Crippen LogP contribution in [-0.2, 0) is 4.79 Å². The van der Waals surface area contributed by atoms with E-state index in [0.717, 1.165) is 16.3 Å². The molecule has 7 heteroatoms. The second-order valence-electron chi connectivity index (χ2n) is 6.23. The van der Waals surface area contributed by atoms with Crippen molar-refractivity contribution in [2.24, 2.45) is 11.8 Å². The average molecular weight is 360 g/mol. The van der Waals surface area contributed by atoms with E-state index in [1.54, 1.807) is 17.4 Å². The standard InChI is InChI=1S/C18H20N2O4S/c1-11-9-20(8-7-14(11)18(22)23)17(21)15-10-25-16(19-15)12-3-5-13(24-2)6-4-12/h3-6,10-11,14H,7-9H2,1-2H3,(H,22,23). The van der Waals surface area contributed by atoms with Gasteiger partial charge in [-0.1, -0.05) is 6.92 Å². The summed E-state index contributed by atoms with van der Waals surface area (Å²) < 4.78 is 5.14. The number of nitrogens with zero attached hydrogens (tertiary/aromatic N) is 2. The lowest BCUT2D eigenvalue weighted by atomic mass is 9.87. The van der Waals surface area contributed by atoms with Crippen molar-refractivity contribution in [1.82, 2.24) is 9.88 Å². The van der Waals surface area contributed by atoms with Gasteiger partial charge in [0.15, 0.2) is 0 Å². The first-order valence-electron chi connectivity index (χ1n) is 8.11. The summed E-state index contributed by atoms with van der Waals surface area (Å²) in [7, 11) is 1.61. The molecule has 1 aliphatic rings. The number of carbonyl (C=O) groups is 2. The molecule has 1 aliphatic heterocycles. The number of aliphatic carboxylic acids is 1. The number of carboxylic acid groups (broad SMARTS) is 1. The van der Waals surface area contributed by atoms with Gasteiger partial charge in [0, 0.05) is 24.0 Å². The second-order valence-corrected chi connectivity index (χ2v) is 7.09. The molecule has 6 nitrogen and oxygen atoms in total. The molecule has 0 spiro atoms. The highest BCUT2D eigenvalue weighted by Crippen LogP contribution is 2.28. The van der Waals surface area contributed by atoms with Gasteiger partial charge in [0.2, 0.25) is 0 Å². The van der Waals surface area contributed by atoms with Crippen molar-refractivity contribution in [3.63, 3.8) is 0 Å². The minimum Gasteiger partial charge on any atom is -0.497 e. The van der Waals surface area contributed by atoms with Gasteiger partial charge in [0.1, 0.15) is 16.5 Å². The maximum atomic E-state index is 12.7. The Morgan fingerprint density at radius 1 is 1.32 bits per heavy atom. The zero-order chi connectivity index (χ0) is 18.0. The number of carbonyl (C=O) groups excluding carboxylic acids is 1. The molecule has 1 fully saturated rings. The molecule has 0 aliphatic carbocycles. The van der Waals surface area contributed by atoms with Crippen LogP contribution in [0.5, 0.6) is 5.75 Å². The molecule has 1 amide bonds. The molecular weight excluding hydrogens is 340 g/mol. The molecule has 0 bridgehead atoms. The summed E-state index contributed by atoms with van der Waals surface area (Å²) in [5.74, 6) is -0.585. The van der Waals surface area contributed by atoms with Gasteiger partial charge in [0.25, 0.3) is 5.91 Å². The van der Waals surface area contributed by atoms with Crippen LogP contribution in [0.2, 0.25) is 0 Å². The summed E-state index contributed by atoms with van der Waals surface area (Å²) in [5, 5.41) is 11.7. The number of carboxylic acids is 1. The lowest BCUT2D eigenvalue weighted by Gasteiger charge is -2.34. The molecule has 25 heavy (non-hydrogen) atoms. The second kappa shape index (κ2) is 7.23. The third-order valence-electron chi connectivity index (χ3n) is 4.57. The van der Waals surface area contributed by atoms with E-state index in [1.165, 1.54) is 11.3 Å². The zero-order valence-corrected chi connectivity index (χ0v) is 15.0. The Kier molecular flexibility index (Phi) is 5.03. The Morgan fingerprint density at radius 3 is 2.64 bits per heavy atom. The van der Waals surface area contributed by atoms with Crippen molar-refractivity contribution in [3.05, 3.63) is 35.3 Å². The molecule has 2 aromatic rings. The average Bonchev–Trinajstić information content (AvgIpc) is 3.10. The van der Waals surface area contributed by atoms with Gasteiger partial charge >= 0.3 is 5.97 Å². The highest BCUT2D eigenvalue weighted by molar-refractivity contribution is 7.13. The van der Waals surface area contributed by atoms with Crippen LogP contribution in [0.15, 0.2) is 29.6 Å². The minimum atomic E-state index is -0.782. The molecule has 2 atom stereocenters. The largest absolute Gasteiger partial charge is 0.497 e. The third kappa shape index (κ3) is 3.66. The smallest absolute Gasteiger partial charge is 0.306 e. The molecule has 3 rings (SSSR count). The van der Waals surface area contributed by atoms with E-state index in [4.69, 9.17) is 4.74 Å². The van der Waals surface area contributed by atoms with Gasteiger partial charge in [-0.15, -0.1) is 11.3 Å². The summed E-state index contributed by atoms with van der Waals surface area (Å²) in [4.78, 5) is 30.0. The van der Waals surface area contributed by atoms with E-state index in [9.17, 15) is 14.7 Å². The Labute approximate surface area is 150 Å². The Balaban J connectivity index is 1.71. The molecule has 2 heterocycles. The normalized spacial score (nSPS) is 20.3. The monoisotopic (exact) mass is 360 g/mol. The van der Waals surface area contributed by atoms with E-state index in [0.29, 0.717) is 25.2 Å². The number of ether oxygens (including phenoxy) is 1. The number of piperidine rings is 1. The molecule has 2 unspecified atom stereocenters. The fourth-order valence-corrected chi connectivity index (χ4v) is 3.90. The quantitative estimate of drug-likeness (QED) is 0.907.